The number of halogens is 6. The predicted molar refractivity (Wildman–Crippen MR) is 60.0 cm³/mol. The molecule has 0 unspecified atom stereocenters. The van der Waals surface area contributed by atoms with Gasteiger partial charge in [-0.2, -0.15) is 26.3 Å². The van der Waals surface area contributed by atoms with Crippen molar-refractivity contribution >= 4 is 22.4 Å². The molecule has 1 aliphatic rings. The highest BCUT2D eigenvalue weighted by Crippen LogP contribution is 2.41. The maximum atomic E-state index is 12.8. The zero-order valence-electron chi connectivity index (χ0n) is 10.1. The van der Waals surface area contributed by atoms with E-state index in [0.29, 0.717) is 16.7 Å². The zero-order valence-corrected chi connectivity index (χ0v) is 10.9. The molecule has 2 rings (SSSR count). The molecule has 1 aromatic rings. The zero-order chi connectivity index (χ0) is 16.0. The molecule has 1 aliphatic heterocycles. The standard InChI is InChI=1S/C10H8F6N2O2S/c11-9(12,13)5-2-18(1-4(5)7(19)20)8-17-6(3-21-8)10(14,15)16/h3-5H,1-2H2,(H,19,20)/t4-,5-/m1/s1. The van der Waals surface area contributed by atoms with Crippen molar-refractivity contribution in [1.29, 1.82) is 0 Å². The van der Waals surface area contributed by atoms with Gasteiger partial charge in [-0.15, -0.1) is 11.3 Å². The minimum absolute atomic E-state index is 0.264. The van der Waals surface area contributed by atoms with Crippen LogP contribution in [-0.2, 0) is 11.0 Å². The Kier molecular flexibility index (Phi) is 3.80. The third kappa shape index (κ3) is 3.22. The minimum Gasteiger partial charge on any atom is -0.481 e. The number of carboxylic acid groups (broad SMARTS) is 1. The van der Waals surface area contributed by atoms with E-state index in [1.54, 1.807) is 0 Å². The molecule has 1 fully saturated rings. The molecule has 11 heteroatoms. The second kappa shape index (κ2) is 5.04. The van der Waals surface area contributed by atoms with Crippen molar-refractivity contribution in [2.75, 3.05) is 18.0 Å². The number of hydrogen-bond donors (Lipinski definition) is 1. The number of thiazole rings is 1. The first-order chi connectivity index (χ1) is 9.50. The van der Waals surface area contributed by atoms with E-state index in [-0.39, 0.29) is 5.13 Å². The number of alkyl halides is 6. The highest BCUT2D eigenvalue weighted by molar-refractivity contribution is 7.13. The lowest BCUT2D eigenvalue weighted by atomic mass is 9.96. The lowest BCUT2D eigenvalue weighted by Crippen LogP contribution is -2.33. The van der Waals surface area contributed by atoms with Crippen LogP contribution in [0.5, 0.6) is 0 Å². The van der Waals surface area contributed by atoms with E-state index in [1.807, 2.05) is 0 Å². The highest BCUT2D eigenvalue weighted by atomic mass is 32.1. The van der Waals surface area contributed by atoms with Gasteiger partial charge in [0.1, 0.15) is 0 Å². The Morgan fingerprint density at radius 3 is 2.29 bits per heavy atom. The first-order valence-electron chi connectivity index (χ1n) is 5.57. The summed E-state index contributed by atoms with van der Waals surface area (Å²) in [5, 5.41) is 9.25. The van der Waals surface area contributed by atoms with Gasteiger partial charge in [-0.1, -0.05) is 0 Å². The van der Waals surface area contributed by atoms with E-state index >= 15 is 0 Å². The summed E-state index contributed by atoms with van der Waals surface area (Å²) in [6, 6.07) is 0. The molecule has 0 aromatic carbocycles. The van der Waals surface area contributed by atoms with E-state index in [2.05, 4.69) is 4.98 Å². The molecule has 21 heavy (non-hydrogen) atoms. The molecule has 2 atom stereocenters. The molecule has 1 saturated heterocycles. The Morgan fingerprint density at radius 1 is 1.29 bits per heavy atom. The summed E-state index contributed by atoms with van der Waals surface area (Å²) in [7, 11) is 0. The number of aliphatic carboxylic acids is 1. The van der Waals surface area contributed by atoms with E-state index in [4.69, 9.17) is 5.11 Å². The highest BCUT2D eigenvalue weighted by Gasteiger charge is 2.53. The maximum absolute atomic E-state index is 12.8. The van der Waals surface area contributed by atoms with Crippen molar-refractivity contribution in [2.45, 2.75) is 12.4 Å². The predicted octanol–water partition coefficient (Wildman–Crippen LogP) is 2.86. The molecule has 0 amide bonds. The third-order valence-corrected chi connectivity index (χ3v) is 4.01. The number of hydrogen-bond acceptors (Lipinski definition) is 4. The average molecular weight is 334 g/mol. The number of nitrogens with zero attached hydrogens (tertiary/aromatic N) is 2. The Balaban J connectivity index is 2.23. The number of carbonyl (C=O) groups is 1. The van der Waals surface area contributed by atoms with E-state index in [9.17, 15) is 31.1 Å². The van der Waals surface area contributed by atoms with Crippen LogP contribution in [0.1, 0.15) is 5.69 Å². The summed E-state index contributed by atoms with van der Waals surface area (Å²) < 4.78 is 75.5. The van der Waals surface area contributed by atoms with Gasteiger partial charge >= 0.3 is 18.3 Å². The van der Waals surface area contributed by atoms with Gasteiger partial charge in [0.25, 0.3) is 0 Å². The average Bonchev–Trinajstić information content (AvgIpc) is 2.93. The molecule has 0 bridgehead atoms. The van der Waals surface area contributed by atoms with E-state index < -0.39 is 48.9 Å². The SMILES string of the molecule is O=C(O)[C@@H]1CN(c2nc(C(F)(F)F)cs2)C[C@H]1C(F)(F)F. The van der Waals surface area contributed by atoms with Gasteiger partial charge < -0.3 is 10.0 Å². The summed E-state index contributed by atoms with van der Waals surface area (Å²) in [6.07, 6.45) is -9.42. The first-order valence-corrected chi connectivity index (χ1v) is 6.45. The van der Waals surface area contributed by atoms with Crippen LogP contribution < -0.4 is 4.90 Å². The normalized spacial score (nSPS) is 23.6. The maximum Gasteiger partial charge on any atom is 0.434 e. The lowest BCUT2D eigenvalue weighted by molar-refractivity contribution is -0.187. The molecule has 118 valence electrons. The van der Waals surface area contributed by atoms with Crippen LogP contribution >= 0.6 is 11.3 Å². The number of anilines is 1. The molecule has 0 spiro atoms. The molecule has 1 aromatic heterocycles. The van der Waals surface area contributed by atoms with Crippen LogP contribution in [0.25, 0.3) is 0 Å². The van der Waals surface area contributed by atoms with Crippen LogP contribution in [0, 0.1) is 11.8 Å². The Labute approximate surface area is 118 Å². The van der Waals surface area contributed by atoms with Crippen LogP contribution in [-0.4, -0.2) is 35.3 Å². The van der Waals surface area contributed by atoms with Crippen LogP contribution in [0.2, 0.25) is 0 Å². The fraction of sp³-hybridized carbons (Fsp3) is 0.600. The lowest BCUT2D eigenvalue weighted by Gasteiger charge is -2.17. The van der Waals surface area contributed by atoms with Crippen LogP contribution in [0.15, 0.2) is 5.38 Å². The third-order valence-electron chi connectivity index (χ3n) is 3.11. The topological polar surface area (TPSA) is 53.4 Å². The summed E-state index contributed by atoms with van der Waals surface area (Å²) >= 11 is 0.535. The molecule has 0 aliphatic carbocycles. The summed E-state index contributed by atoms with van der Waals surface area (Å²) in [5.41, 5.74) is -1.20. The summed E-state index contributed by atoms with van der Waals surface area (Å²) in [6.45, 7) is -1.24. The van der Waals surface area contributed by atoms with Crippen LogP contribution in [0.3, 0.4) is 0 Å². The van der Waals surface area contributed by atoms with Gasteiger partial charge in [0.2, 0.25) is 0 Å². The Morgan fingerprint density at radius 2 is 1.90 bits per heavy atom. The van der Waals surface area contributed by atoms with Crippen molar-refractivity contribution in [3.8, 4) is 0 Å². The quantitative estimate of drug-likeness (QED) is 0.845. The second-order valence-corrected chi connectivity index (χ2v) is 5.35. The Bertz CT molecular complexity index is 540. The van der Waals surface area contributed by atoms with Gasteiger partial charge in [0.15, 0.2) is 10.8 Å². The van der Waals surface area contributed by atoms with Gasteiger partial charge in [0.05, 0.1) is 11.8 Å². The largest absolute Gasteiger partial charge is 0.481 e. The first kappa shape index (κ1) is 15.9. The fourth-order valence-electron chi connectivity index (χ4n) is 2.08. The van der Waals surface area contributed by atoms with Gasteiger partial charge in [0, 0.05) is 18.5 Å². The van der Waals surface area contributed by atoms with Gasteiger partial charge in [-0.25, -0.2) is 4.98 Å². The molecular formula is C10H8F6N2O2S. The minimum atomic E-state index is -4.73. The molecular weight excluding hydrogens is 326 g/mol. The smallest absolute Gasteiger partial charge is 0.434 e. The molecule has 1 N–H and O–H groups in total. The molecule has 2 heterocycles. The molecule has 4 nitrogen and oxygen atoms in total. The number of aromatic nitrogens is 1. The van der Waals surface area contributed by atoms with E-state index in [1.165, 1.54) is 0 Å². The summed E-state index contributed by atoms with van der Waals surface area (Å²) in [4.78, 5) is 15.0. The van der Waals surface area contributed by atoms with Crippen molar-refractivity contribution in [1.82, 2.24) is 4.98 Å². The van der Waals surface area contributed by atoms with Gasteiger partial charge in [-0.3, -0.25) is 4.79 Å². The number of rotatable bonds is 2. The van der Waals surface area contributed by atoms with Crippen LogP contribution in [0.4, 0.5) is 31.5 Å². The fourth-order valence-corrected chi connectivity index (χ4v) is 2.93. The monoisotopic (exact) mass is 334 g/mol. The summed E-state index contributed by atoms with van der Waals surface area (Å²) in [5.74, 6) is -5.48. The molecule has 0 saturated carbocycles. The second-order valence-electron chi connectivity index (χ2n) is 4.51. The van der Waals surface area contributed by atoms with Gasteiger partial charge in [-0.05, 0) is 0 Å². The Hall–Kier alpha value is -1.52. The van der Waals surface area contributed by atoms with Crippen molar-refractivity contribution in [3.63, 3.8) is 0 Å². The van der Waals surface area contributed by atoms with Crippen molar-refractivity contribution < 1.29 is 36.2 Å². The van der Waals surface area contributed by atoms with Crippen molar-refractivity contribution in [3.05, 3.63) is 11.1 Å². The number of carboxylic acids is 1. The van der Waals surface area contributed by atoms with Crippen molar-refractivity contribution in [2.24, 2.45) is 11.8 Å². The molecule has 0 radical (unpaired) electrons. The van der Waals surface area contributed by atoms with E-state index in [0.717, 1.165) is 4.90 Å².